The normalized spacial score (nSPS) is 16.1. The Hall–Kier alpha value is -2.32. The molecule has 3 N–H and O–H groups in total. The van der Waals surface area contributed by atoms with Gasteiger partial charge in [-0.2, -0.15) is 0 Å². The maximum absolute atomic E-state index is 13.5. The van der Waals surface area contributed by atoms with Gasteiger partial charge in [-0.15, -0.1) is 11.3 Å². The second-order valence-corrected chi connectivity index (χ2v) is 6.88. The van der Waals surface area contributed by atoms with Gasteiger partial charge in [-0.1, -0.05) is 6.07 Å². The summed E-state index contributed by atoms with van der Waals surface area (Å²) in [6, 6.07) is 6.12. The molecule has 5 nitrogen and oxygen atoms in total. The maximum Gasteiger partial charge on any atom is 0.313 e. The standard InChI is InChI=1S/C17H16F2N2O3S/c18-11-5-6-12(19)13(8-11)21-16(23)15(22)20-9-17(24,10-3-4-10)14-2-1-7-25-14/h1-2,5-8,10,24H,3-4,9H2,(H,20,22)(H,21,23). The van der Waals surface area contributed by atoms with Gasteiger partial charge >= 0.3 is 11.8 Å². The Morgan fingerprint density at radius 3 is 2.64 bits per heavy atom. The fraction of sp³-hybridized carbons (Fsp3) is 0.294. The van der Waals surface area contributed by atoms with E-state index in [-0.39, 0.29) is 12.5 Å². The van der Waals surface area contributed by atoms with E-state index in [4.69, 9.17) is 0 Å². The van der Waals surface area contributed by atoms with Crippen molar-refractivity contribution in [2.45, 2.75) is 18.4 Å². The van der Waals surface area contributed by atoms with Crippen LogP contribution in [-0.2, 0) is 15.2 Å². The minimum atomic E-state index is -1.23. The zero-order chi connectivity index (χ0) is 18.0. The summed E-state index contributed by atoms with van der Waals surface area (Å²) in [5, 5.41) is 17.1. The van der Waals surface area contributed by atoms with E-state index in [1.54, 1.807) is 12.1 Å². The molecule has 1 aliphatic carbocycles. The molecule has 1 saturated carbocycles. The average molecular weight is 366 g/mol. The van der Waals surface area contributed by atoms with E-state index < -0.39 is 34.7 Å². The van der Waals surface area contributed by atoms with Crippen LogP contribution < -0.4 is 10.6 Å². The van der Waals surface area contributed by atoms with Crippen molar-refractivity contribution in [3.05, 3.63) is 52.2 Å². The van der Waals surface area contributed by atoms with Crippen LogP contribution in [0.5, 0.6) is 0 Å². The molecular weight excluding hydrogens is 350 g/mol. The van der Waals surface area contributed by atoms with Crippen LogP contribution >= 0.6 is 11.3 Å². The lowest BCUT2D eigenvalue weighted by molar-refractivity contribution is -0.137. The van der Waals surface area contributed by atoms with Crippen molar-refractivity contribution in [2.24, 2.45) is 5.92 Å². The van der Waals surface area contributed by atoms with Gasteiger partial charge in [0.25, 0.3) is 0 Å². The molecule has 2 amide bonds. The zero-order valence-corrected chi connectivity index (χ0v) is 13.9. The summed E-state index contributed by atoms with van der Waals surface area (Å²) >= 11 is 1.37. The number of hydrogen-bond donors (Lipinski definition) is 3. The number of hydrogen-bond acceptors (Lipinski definition) is 4. The largest absolute Gasteiger partial charge is 0.382 e. The third-order valence-electron chi connectivity index (χ3n) is 4.10. The molecule has 1 unspecified atom stereocenters. The Labute approximate surface area is 146 Å². The first-order chi connectivity index (χ1) is 11.9. The van der Waals surface area contributed by atoms with Crippen molar-refractivity contribution >= 4 is 28.8 Å². The molecule has 132 valence electrons. The zero-order valence-electron chi connectivity index (χ0n) is 13.1. The van der Waals surface area contributed by atoms with Gasteiger partial charge in [0, 0.05) is 10.9 Å². The van der Waals surface area contributed by atoms with E-state index >= 15 is 0 Å². The van der Waals surface area contributed by atoms with Crippen LogP contribution in [0, 0.1) is 17.6 Å². The van der Waals surface area contributed by atoms with E-state index in [1.165, 1.54) is 11.3 Å². The summed E-state index contributed by atoms with van der Waals surface area (Å²) in [6.07, 6.45) is 1.68. The highest BCUT2D eigenvalue weighted by Gasteiger charge is 2.46. The van der Waals surface area contributed by atoms with Gasteiger partial charge < -0.3 is 15.7 Å². The van der Waals surface area contributed by atoms with Crippen LogP contribution in [0.1, 0.15) is 17.7 Å². The molecule has 0 aliphatic heterocycles. The Balaban J connectivity index is 1.63. The Morgan fingerprint density at radius 2 is 2.00 bits per heavy atom. The lowest BCUT2D eigenvalue weighted by Gasteiger charge is -2.27. The molecule has 1 heterocycles. The van der Waals surface area contributed by atoms with Crippen LogP contribution in [0.3, 0.4) is 0 Å². The molecule has 3 rings (SSSR count). The molecule has 0 radical (unpaired) electrons. The number of thiophene rings is 1. The fourth-order valence-electron chi connectivity index (χ4n) is 2.59. The third kappa shape index (κ3) is 3.85. The monoisotopic (exact) mass is 366 g/mol. The molecule has 0 bridgehead atoms. The first-order valence-electron chi connectivity index (χ1n) is 7.71. The summed E-state index contributed by atoms with van der Waals surface area (Å²) in [5.41, 5.74) is -1.65. The van der Waals surface area contributed by atoms with Gasteiger partial charge in [-0.3, -0.25) is 9.59 Å². The quantitative estimate of drug-likeness (QED) is 0.711. The van der Waals surface area contributed by atoms with Crippen LogP contribution in [-0.4, -0.2) is 23.5 Å². The number of rotatable bonds is 5. The van der Waals surface area contributed by atoms with E-state index in [0.29, 0.717) is 4.88 Å². The summed E-state index contributed by atoms with van der Waals surface area (Å²) < 4.78 is 26.6. The second-order valence-electron chi connectivity index (χ2n) is 5.94. The lowest BCUT2D eigenvalue weighted by atomic mass is 9.95. The lowest BCUT2D eigenvalue weighted by Crippen LogP contribution is -2.45. The van der Waals surface area contributed by atoms with Gasteiger partial charge in [0.05, 0.1) is 12.2 Å². The topological polar surface area (TPSA) is 78.4 Å². The van der Waals surface area contributed by atoms with Gasteiger partial charge in [0.15, 0.2) is 0 Å². The van der Waals surface area contributed by atoms with Crippen LogP contribution in [0.25, 0.3) is 0 Å². The summed E-state index contributed by atoms with van der Waals surface area (Å²) in [6.45, 7) is -0.129. The summed E-state index contributed by atoms with van der Waals surface area (Å²) in [5.74, 6) is -3.73. The smallest absolute Gasteiger partial charge is 0.313 e. The second kappa shape index (κ2) is 6.89. The fourth-order valence-corrected chi connectivity index (χ4v) is 3.49. The first-order valence-corrected chi connectivity index (χ1v) is 8.58. The predicted octanol–water partition coefficient (Wildman–Crippen LogP) is 2.38. The predicted molar refractivity (Wildman–Crippen MR) is 88.9 cm³/mol. The molecule has 2 aromatic rings. The molecule has 1 fully saturated rings. The van der Waals surface area contributed by atoms with Crippen molar-refractivity contribution in [3.8, 4) is 0 Å². The van der Waals surface area contributed by atoms with Crippen LogP contribution in [0.4, 0.5) is 14.5 Å². The van der Waals surface area contributed by atoms with Crippen LogP contribution in [0.2, 0.25) is 0 Å². The number of amides is 2. The Kier molecular flexibility index (Phi) is 4.82. The highest BCUT2D eigenvalue weighted by molar-refractivity contribution is 7.10. The maximum atomic E-state index is 13.5. The highest BCUT2D eigenvalue weighted by atomic mass is 32.1. The molecule has 1 aliphatic rings. The van der Waals surface area contributed by atoms with Crippen molar-refractivity contribution in [2.75, 3.05) is 11.9 Å². The number of halogens is 2. The Bertz CT molecular complexity index is 793. The van der Waals surface area contributed by atoms with Gasteiger partial charge in [0.2, 0.25) is 0 Å². The number of carbonyl (C=O) groups excluding carboxylic acids is 2. The number of nitrogens with one attached hydrogen (secondary N) is 2. The summed E-state index contributed by atoms with van der Waals surface area (Å²) in [7, 11) is 0. The van der Waals surface area contributed by atoms with Crippen molar-refractivity contribution < 1.29 is 23.5 Å². The van der Waals surface area contributed by atoms with E-state index in [0.717, 1.165) is 31.0 Å². The third-order valence-corrected chi connectivity index (χ3v) is 5.14. The van der Waals surface area contributed by atoms with Crippen molar-refractivity contribution in [3.63, 3.8) is 0 Å². The number of benzene rings is 1. The molecule has 25 heavy (non-hydrogen) atoms. The highest BCUT2D eigenvalue weighted by Crippen LogP contribution is 2.46. The van der Waals surface area contributed by atoms with E-state index in [2.05, 4.69) is 5.32 Å². The molecule has 1 aromatic carbocycles. The van der Waals surface area contributed by atoms with Crippen LogP contribution in [0.15, 0.2) is 35.7 Å². The minimum Gasteiger partial charge on any atom is -0.382 e. The van der Waals surface area contributed by atoms with Gasteiger partial charge in [-0.05, 0) is 42.3 Å². The molecule has 1 atom stereocenters. The van der Waals surface area contributed by atoms with E-state index in [9.17, 15) is 23.5 Å². The minimum absolute atomic E-state index is 0.0233. The average Bonchev–Trinajstić information content (AvgIpc) is 3.30. The van der Waals surface area contributed by atoms with Crippen molar-refractivity contribution in [1.82, 2.24) is 5.32 Å². The molecular formula is C17H16F2N2O3S. The number of carbonyl (C=O) groups is 2. The molecule has 0 spiro atoms. The SMILES string of the molecule is O=C(NCC(O)(c1cccs1)C1CC1)C(=O)Nc1cc(F)ccc1F. The van der Waals surface area contributed by atoms with E-state index in [1.807, 2.05) is 10.7 Å². The molecule has 8 heteroatoms. The Morgan fingerprint density at radius 1 is 1.24 bits per heavy atom. The molecule has 0 saturated heterocycles. The van der Waals surface area contributed by atoms with Crippen molar-refractivity contribution in [1.29, 1.82) is 0 Å². The number of anilines is 1. The number of aliphatic hydroxyl groups is 1. The molecule has 1 aromatic heterocycles. The first kappa shape index (κ1) is 17.5. The summed E-state index contributed by atoms with van der Waals surface area (Å²) in [4.78, 5) is 24.5. The van der Waals surface area contributed by atoms with Gasteiger partial charge in [0.1, 0.15) is 17.2 Å². The van der Waals surface area contributed by atoms with Gasteiger partial charge in [-0.25, -0.2) is 8.78 Å².